The summed E-state index contributed by atoms with van der Waals surface area (Å²) in [6.45, 7) is 11.7. The van der Waals surface area contributed by atoms with E-state index in [2.05, 4.69) is 16.6 Å². The van der Waals surface area contributed by atoms with Gasteiger partial charge in [-0.25, -0.2) is 0 Å². The summed E-state index contributed by atoms with van der Waals surface area (Å²) >= 11 is 0. The zero-order valence-corrected chi connectivity index (χ0v) is 24.7. The first-order valence-electron chi connectivity index (χ1n) is 13.9. The van der Waals surface area contributed by atoms with Gasteiger partial charge >= 0.3 is 5.97 Å². The molecule has 0 aliphatic carbocycles. The van der Waals surface area contributed by atoms with Crippen molar-refractivity contribution in [3.63, 3.8) is 0 Å². The zero-order chi connectivity index (χ0) is 29.8. The zero-order valence-electron chi connectivity index (χ0n) is 24.7. The highest BCUT2D eigenvalue weighted by molar-refractivity contribution is 5.82. The molecule has 230 valence electrons. The van der Waals surface area contributed by atoms with Gasteiger partial charge in [0.05, 0.1) is 31.5 Å². The lowest BCUT2D eigenvalue weighted by atomic mass is 9.72. The van der Waals surface area contributed by atoms with Gasteiger partial charge in [0.1, 0.15) is 19.0 Å². The maximum atomic E-state index is 13.3. The Kier molecular flexibility index (Phi) is 11.1. The van der Waals surface area contributed by atoms with Crippen LogP contribution in [0.1, 0.15) is 59.8 Å². The van der Waals surface area contributed by atoms with Gasteiger partial charge in [-0.3, -0.25) is 9.59 Å². The third-order valence-electron chi connectivity index (χ3n) is 8.70. The van der Waals surface area contributed by atoms with Crippen molar-refractivity contribution in [2.45, 2.75) is 115 Å². The van der Waals surface area contributed by atoms with Crippen LogP contribution in [-0.4, -0.2) is 105 Å². The minimum absolute atomic E-state index is 0.0378. The topological polar surface area (TPSA) is 151 Å². The van der Waals surface area contributed by atoms with Gasteiger partial charge in [0.2, 0.25) is 5.79 Å². The lowest BCUT2D eigenvalue weighted by Gasteiger charge is -2.54. The number of methoxy groups -OCH3 is 3. The van der Waals surface area contributed by atoms with Crippen LogP contribution in [0, 0.1) is 11.3 Å². The maximum Gasteiger partial charge on any atom is 0.305 e. The summed E-state index contributed by atoms with van der Waals surface area (Å²) in [7, 11) is 4.28. The Morgan fingerprint density at radius 1 is 1.15 bits per heavy atom. The molecular formula is C28H47NO11. The lowest BCUT2D eigenvalue weighted by Crippen LogP contribution is -2.69. The lowest BCUT2D eigenvalue weighted by molar-refractivity contribution is -0.332. The molecule has 3 saturated heterocycles. The molecule has 12 heteroatoms. The Hall–Kier alpha value is -1.64. The average molecular weight is 574 g/mol. The van der Waals surface area contributed by atoms with Crippen LogP contribution in [0.2, 0.25) is 0 Å². The van der Waals surface area contributed by atoms with Crippen LogP contribution >= 0.6 is 0 Å². The van der Waals surface area contributed by atoms with Gasteiger partial charge in [0.25, 0.3) is 5.91 Å². The monoisotopic (exact) mass is 573 g/mol. The summed E-state index contributed by atoms with van der Waals surface area (Å²) in [5, 5.41) is 24.6. The molecule has 3 aliphatic rings. The van der Waals surface area contributed by atoms with E-state index in [-0.39, 0.29) is 44.0 Å². The van der Waals surface area contributed by atoms with E-state index in [1.165, 1.54) is 14.2 Å². The summed E-state index contributed by atoms with van der Waals surface area (Å²) in [6, 6.07) is 0. The summed E-state index contributed by atoms with van der Waals surface area (Å²) in [4.78, 5) is 24.8. The first-order valence-corrected chi connectivity index (χ1v) is 13.9. The van der Waals surface area contributed by atoms with Crippen molar-refractivity contribution in [1.29, 1.82) is 0 Å². The molecular weight excluding hydrogens is 526 g/mol. The number of amides is 1. The second-order valence-electron chi connectivity index (χ2n) is 11.6. The van der Waals surface area contributed by atoms with Gasteiger partial charge in [-0.15, -0.1) is 0 Å². The summed E-state index contributed by atoms with van der Waals surface area (Å²) in [6.07, 6.45) is -4.59. The molecule has 40 heavy (non-hydrogen) atoms. The first kappa shape index (κ1) is 32.9. The molecule has 3 N–H and O–H groups in total. The molecule has 3 rings (SSSR count). The molecule has 3 fully saturated rings. The Morgan fingerprint density at radius 3 is 2.45 bits per heavy atom. The SMILES string of the molecule is C=C1C[C@](OC)([C@@H](O)C(=O)N[C@H]2OCO[C@H]3[C@@H]2O[C@H](C[C@H](O)CCCC(=O)OC)C(C)(C)[C@@H]3OC)O[C@H](C)[C@@H]1C. The quantitative estimate of drug-likeness (QED) is 0.243. The van der Waals surface area contributed by atoms with E-state index >= 15 is 0 Å². The van der Waals surface area contributed by atoms with Crippen LogP contribution in [0.4, 0.5) is 0 Å². The number of ether oxygens (including phenoxy) is 7. The number of hydrogen-bond donors (Lipinski definition) is 3. The van der Waals surface area contributed by atoms with Crippen molar-refractivity contribution in [1.82, 2.24) is 5.32 Å². The first-order chi connectivity index (χ1) is 18.8. The number of aliphatic hydroxyl groups is 2. The third-order valence-corrected chi connectivity index (χ3v) is 8.70. The van der Waals surface area contributed by atoms with Gasteiger partial charge in [0, 0.05) is 44.8 Å². The summed E-state index contributed by atoms with van der Waals surface area (Å²) < 4.78 is 40.1. The second-order valence-corrected chi connectivity index (χ2v) is 11.6. The molecule has 10 atom stereocenters. The van der Waals surface area contributed by atoms with Crippen LogP contribution in [0.15, 0.2) is 12.2 Å². The predicted octanol–water partition coefficient (Wildman–Crippen LogP) is 1.41. The molecule has 1 amide bonds. The largest absolute Gasteiger partial charge is 0.469 e. The van der Waals surface area contributed by atoms with Crippen LogP contribution in [0.3, 0.4) is 0 Å². The van der Waals surface area contributed by atoms with Crippen molar-refractivity contribution >= 4 is 11.9 Å². The van der Waals surface area contributed by atoms with Gasteiger partial charge in [-0.05, 0) is 19.8 Å². The molecule has 0 unspecified atom stereocenters. The Balaban J connectivity index is 1.74. The molecule has 0 saturated carbocycles. The molecule has 0 radical (unpaired) electrons. The van der Waals surface area contributed by atoms with Crippen molar-refractivity contribution in [2.24, 2.45) is 11.3 Å². The molecule has 0 aromatic heterocycles. The number of carbonyl (C=O) groups is 2. The highest BCUT2D eigenvalue weighted by atomic mass is 16.7. The number of aliphatic hydroxyl groups excluding tert-OH is 2. The molecule has 3 aliphatic heterocycles. The van der Waals surface area contributed by atoms with Crippen LogP contribution in [0.5, 0.6) is 0 Å². The van der Waals surface area contributed by atoms with Gasteiger partial charge < -0.3 is 48.7 Å². The fraction of sp³-hybridized carbons (Fsp3) is 0.857. The fourth-order valence-corrected chi connectivity index (χ4v) is 5.88. The van der Waals surface area contributed by atoms with Crippen LogP contribution in [0.25, 0.3) is 0 Å². The average Bonchev–Trinajstić information content (AvgIpc) is 2.91. The number of esters is 1. The summed E-state index contributed by atoms with van der Waals surface area (Å²) in [5.74, 6) is -2.65. The van der Waals surface area contributed by atoms with Crippen molar-refractivity contribution in [2.75, 3.05) is 28.1 Å². The number of hydrogen-bond acceptors (Lipinski definition) is 11. The van der Waals surface area contributed by atoms with Gasteiger partial charge in [-0.1, -0.05) is 32.9 Å². The predicted molar refractivity (Wildman–Crippen MR) is 142 cm³/mol. The number of carbonyl (C=O) groups excluding carboxylic acids is 2. The van der Waals surface area contributed by atoms with E-state index in [0.29, 0.717) is 12.8 Å². The second kappa shape index (κ2) is 13.6. The molecule has 0 bridgehead atoms. The Morgan fingerprint density at radius 2 is 1.85 bits per heavy atom. The number of nitrogens with one attached hydrogen (secondary N) is 1. The normalized spacial score (nSPS) is 37.2. The number of fused-ring (bicyclic) bond motifs is 1. The van der Waals surface area contributed by atoms with Crippen molar-refractivity contribution in [3.05, 3.63) is 12.2 Å². The maximum absolute atomic E-state index is 13.3. The standard InChI is InChI=1S/C28H47NO11/c1-15-13-28(36-8,40-17(3)16(15)2)23(32)25(33)29-26-22-21(37-14-38-26)24(35-7)27(4,5)19(39-22)12-18(30)10-9-11-20(31)34-6/h16-19,21-24,26,30,32H,1,9-14H2,2-8H3,(H,29,33)/t16-,17-,18-,19-,21+,22+,23+,24-,26+,28-/m1/s1. The molecule has 12 nitrogen and oxygen atoms in total. The highest BCUT2D eigenvalue weighted by Gasteiger charge is 2.57. The van der Waals surface area contributed by atoms with Crippen molar-refractivity contribution in [3.8, 4) is 0 Å². The van der Waals surface area contributed by atoms with E-state index in [9.17, 15) is 19.8 Å². The fourth-order valence-electron chi connectivity index (χ4n) is 5.88. The van der Waals surface area contributed by atoms with Crippen LogP contribution in [-0.2, 0) is 42.7 Å². The molecule has 0 aromatic carbocycles. The summed E-state index contributed by atoms with van der Waals surface area (Å²) in [5.41, 5.74) is 0.233. The third kappa shape index (κ3) is 6.87. The Labute approximate surface area is 236 Å². The van der Waals surface area contributed by atoms with E-state index in [1.807, 2.05) is 27.7 Å². The van der Waals surface area contributed by atoms with E-state index in [1.54, 1.807) is 7.11 Å². The Bertz CT molecular complexity index is 897. The van der Waals surface area contributed by atoms with E-state index in [0.717, 1.165) is 5.57 Å². The molecule has 3 heterocycles. The smallest absolute Gasteiger partial charge is 0.305 e. The minimum atomic E-state index is -1.68. The molecule has 0 aromatic rings. The molecule has 0 spiro atoms. The van der Waals surface area contributed by atoms with Crippen molar-refractivity contribution < 1.29 is 53.0 Å². The number of rotatable bonds is 11. The minimum Gasteiger partial charge on any atom is -0.469 e. The highest BCUT2D eigenvalue weighted by Crippen LogP contribution is 2.44. The van der Waals surface area contributed by atoms with Crippen LogP contribution < -0.4 is 5.32 Å². The van der Waals surface area contributed by atoms with E-state index in [4.69, 9.17) is 28.4 Å². The van der Waals surface area contributed by atoms with Gasteiger partial charge in [0.15, 0.2) is 12.3 Å². The van der Waals surface area contributed by atoms with Gasteiger partial charge in [-0.2, -0.15) is 0 Å². The van der Waals surface area contributed by atoms with E-state index < -0.39 is 60.0 Å².